The first-order valence-electron chi connectivity index (χ1n) is 3.13. The van der Waals surface area contributed by atoms with Gasteiger partial charge in [0.2, 0.25) is 5.91 Å². The smallest absolute Gasteiger partial charge is 0.326 e. The van der Waals surface area contributed by atoms with Crippen molar-refractivity contribution in [2.75, 3.05) is 0 Å². The third-order valence-electron chi connectivity index (χ3n) is 1.66. The Bertz CT molecular complexity index is 178. The lowest BCUT2D eigenvalue weighted by Gasteiger charge is -2.07. The summed E-state index contributed by atoms with van der Waals surface area (Å²) in [4.78, 5) is 20.9. The SMILES string of the molecule is C[C@H]1CC(=O)N[C@H]1C(=O)O. The summed E-state index contributed by atoms with van der Waals surface area (Å²) in [5.74, 6) is -1.19. The summed E-state index contributed by atoms with van der Waals surface area (Å²) in [6, 6.07) is -0.674. The molecule has 56 valence electrons. The van der Waals surface area contributed by atoms with Gasteiger partial charge in [0.05, 0.1) is 0 Å². The van der Waals surface area contributed by atoms with Crippen LogP contribution >= 0.6 is 0 Å². The Hall–Kier alpha value is -1.06. The maximum Gasteiger partial charge on any atom is 0.326 e. The molecule has 1 rings (SSSR count). The highest BCUT2D eigenvalue weighted by Gasteiger charge is 2.33. The molecule has 0 radical (unpaired) electrons. The van der Waals surface area contributed by atoms with E-state index in [1.807, 2.05) is 0 Å². The van der Waals surface area contributed by atoms with Gasteiger partial charge in [0, 0.05) is 6.42 Å². The number of rotatable bonds is 1. The minimum Gasteiger partial charge on any atom is -0.480 e. The number of nitrogens with one attached hydrogen (secondary N) is 1. The zero-order valence-electron chi connectivity index (χ0n) is 5.63. The fourth-order valence-corrected chi connectivity index (χ4v) is 1.09. The predicted molar refractivity (Wildman–Crippen MR) is 33.3 cm³/mol. The van der Waals surface area contributed by atoms with Crippen molar-refractivity contribution in [3.05, 3.63) is 0 Å². The quantitative estimate of drug-likeness (QED) is 0.524. The highest BCUT2D eigenvalue weighted by atomic mass is 16.4. The van der Waals surface area contributed by atoms with E-state index in [-0.39, 0.29) is 11.8 Å². The number of aliphatic carboxylic acids is 1. The van der Waals surface area contributed by atoms with E-state index in [0.717, 1.165) is 0 Å². The van der Waals surface area contributed by atoms with Gasteiger partial charge in [-0.15, -0.1) is 0 Å². The molecule has 1 saturated heterocycles. The highest BCUT2D eigenvalue weighted by Crippen LogP contribution is 2.14. The molecule has 0 aromatic heterocycles. The molecule has 1 fully saturated rings. The number of amides is 1. The maximum absolute atomic E-state index is 10.6. The van der Waals surface area contributed by atoms with Crippen LogP contribution in [0.15, 0.2) is 0 Å². The molecule has 2 N–H and O–H groups in total. The lowest BCUT2D eigenvalue weighted by molar-refractivity contribution is -0.140. The first-order valence-corrected chi connectivity index (χ1v) is 3.13. The molecule has 0 bridgehead atoms. The number of hydrogen-bond acceptors (Lipinski definition) is 2. The summed E-state index contributed by atoms with van der Waals surface area (Å²) >= 11 is 0. The zero-order valence-corrected chi connectivity index (χ0v) is 5.63. The molecule has 0 unspecified atom stereocenters. The molecule has 10 heavy (non-hydrogen) atoms. The van der Waals surface area contributed by atoms with Gasteiger partial charge < -0.3 is 10.4 Å². The molecule has 0 aromatic carbocycles. The first kappa shape index (κ1) is 7.05. The van der Waals surface area contributed by atoms with Crippen molar-refractivity contribution in [1.82, 2.24) is 5.32 Å². The van der Waals surface area contributed by atoms with Crippen LogP contribution in [0.25, 0.3) is 0 Å². The topological polar surface area (TPSA) is 66.4 Å². The fourth-order valence-electron chi connectivity index (χ4n) is 1.09. The molecular weight excluding hydrogens is 134 g/mol. The summed E-state index contributed by atoms with van der Waals surface area (Å²) in [5.41, 5.74) is 0. The third kappa shape index (κ3) is 1.10. The summed E-state index contributed by atoms with van der Waals surface area (Å²) in [6.07, 6.45) is 0.330. The summed E-state index contributed by atoms with van der Waals surface area (Å²) in [6.45, 7) is 1.75. The van der Waals surface area contributed by atoms with Gasteiger partial charge in [-0.2, -0.15) is 0 Å². The second-order valence-electron chi connectivity index (χ2n) is 2.56. The van der Waals surface area contributed by atoms with Crippen molar-refractivity contribution in [3.63, 3.8) is 0 Å². The number of carbonyl (C=O) groups is 2. The standard InChI is InChI=1S/C6H9NO3/c1-3-2-4(8)7-5(3)6(9)10/h3,5H,2H2,1H3,(H,7,8)(H,9,10)/t3-,5+/m0/s1. The molecule has 2 atom stereocenters. The zero-order chi connectivity index (χ0) is 7.72. The van der Waals surface area contributed by atoms with Gasteiger partial charge in [0.25, 0.3) is 0 Å². The van der Waals surface area contributed by atoms with Crippen LogP contribution in [0.5, 0.6) is 0 Å². The molecule has 0 saturated carbocycles. The molecule has 0 aromatic rings. The Morgan fingerprint density at radius 3 is 2.60 bits per heavy atom. The van der Waals surface area contributed by atoms with Crippen molar-refractivity contribution in [2.45, 2.75) is 19.4 Å². The summed E-state index contributed by atoms with van der Waals surface area (Å²) < 4.78 is 0. The molecule has 4 heteroatoms. The van der Waals surface area contributed by atoms with Gasteiger partial charge in [-0.25, -0.2) is 4.79 Å². The van der Waals surface area contributed by atoms with Crippen molar-refractivity contribution < 1.29 is 14.7 Å². The largest absolute Gasteiger partial charge is 0.480 e. The van der Waals surface area contributed by atoms with Crippen molar-refractivity contribution in [2.24, 2.45) is 5.92 Å². The van der Waals surface area contributed by atoms with Gasteiger partial charge >= 0.3 is 5.97 Å². The average molecular weight is 143 g/mol. The molecule has 1 aliphatic rings. The average Bonchev–Trinajstić information content (AvgIpc) is 2.10. The first-order chi connectivity index (χ1) is 4.61. The molecule has 0 spiro atoms. The minimum atomic E-state index is -0.946. The van der Waals surface area contributed by atoms with Crippen LogP contribution in [0.3, 0.4) is 0 Å². The number of carbonyl (C=O) groups excluding carboxylic acids is 1. The van der Waals surface area contributed by atoms with E-state index >= 15 is 0 Å². The van der Waals surface area contributed by atoms with E-state index in [9.17, 15) is 9.59 Å². The molecule has 1 heterocycles. The lowest BCUT2D eigenvalue weighted by atomic mass is 10.0. The molecular formula is C6H9NO3. The van der Waals surface area contributed by atoms with E-state index in [1.54, 1.807) is 6.92 Å². The van der Waals surface area contributed by atoms with Crippen LogP contribution in [0.1, 0.15) is 13.3 Å². The van der Waals surface area contributed by atoms with Crippen LogP contribution in [0.2, 0.25) is 0 Å². The Morgan fingerprint density at radius 1 is 1.80 bits per heavy atom. The van der Waals surface area contributed by atoms with Crippen LogP contribution in [-0.4, -0.2) is 23.0 Å². The lowest BCUT2D eigenvalue weighted by Crippen LogP contribution is -2.35. The van der Waals surface area contributed by atoms with Crippen LogP contribution in [0, 0.1) is 5.92 Å². The van der Waals surface area contributed by atoms with Gasteiger partial charge in [0.15, 0.2) is 0 Å². The molecule has 1 amide bonds. The summed E-state index contributed by atoms with van der Waals surface area (Å²) in [7, 11) is 0. The molecule has 1 aliphatic heterocycles. The Balaban J connectivity index is 2.63. The van der Waals surface area contributed by atoms with Gasteiger partial charge in [-0.1, -0.05) is 6.92 Å². The van der Waals surface area contributed by atoms with Crippen LogP contribution < -0.4 is 5.32 Å². The van der Waals surface area contributed by atoms with E-state index in [0.29, 0.717) is 6.42 Å². The second kappa shape index (κ2) is 2.28. The molecule has 4 nitrogen and oxygen atoms in total. The molecule has 0 aliphatic carbocycles. The second-order valence-corrected chi connectivity index (χ2v) is 2.56. The van der Waals surface area contributed by atoms with E-state index < -0.39 is 12.0 Å². The Morgan fingerprint density at radius 2 is 2.40 bits per heavy atom. The van der Waals surface area contributed by atoms with Gasteiger partial charge in [-0.05, 0) is 5.92 Å². The number of carboxylic acid groups (broad SMARTS) is 1. The highest BCUT2D eigenvalue weighted by molar-refractivity contribution is 5.87. The fraction of sp³-hybridized carbons (Fsp3) is 0.667. The Kier molecular flexibility index (Phi) is 1.61. The summed E-state index contributed by atoms with van der Waals surface area (Å²) in [5, 5.41) is 10.9. The van der Waals surface area contributed by atoms with E-state index in [1.165, 1.54) is 0 Å². The van der Waals surface area contributed by atoms with Gasteiger partial charge in [0.1, 0.15) is 6.04 Å². The van der Waals surface area contributed by atoms with E-state index in [2.05, 4.69) is 5.32 Å². The predicted octanol–water partition coefficient (Wildman–Crippen LogP) is -0.404. The third-order valence-corrected chi connectivity index (χ3v) is 1.66. The van der Waals surface area contributed by atoms with Crippen molar-refractivity contribution in [3.8, 4) is 0 Å². The Labute approximate surface area is 58.2 Å². The normalized spacial score (nSPS) is 31.9. The van der Waals surface area contributed by atoms with Gasteiger partial charge in [-0.3, -0.25) is 4.79 Å². The van der Waals surface area contributed by atoms with E-state index in [4.69, 9.17) is 5.11 Å². The van der Waals surface area contributed by atoms with Crippen LogP contribution in [-0.2, 0) is 9.59 Å². The minimum absolute atomic E-state index is 0.0787. The monoisotopic (exact) mass is 143 g/mol. The maximum atomic E-state index is 10.6. The number of hydrogen-bond donors (Lipinski definition) is 2. The van der Waals surface area contributed by atoms with Crippen molar-refractivity contribution >= 4 is 11.9 Å². The van der Waals surface area contributed by atoms with Crippen LogP contribution in [0.4, 0.5) is 0 Å². The number of carboxylic acids is 1. The van der Waals surface area contributed by atoms with Crippen molar-refractivity contribution in [1.29, 1.82) is 0 Å².